The van der Waals surface area contributed by atoms with E-state index in [2.05, 4.69) is 16.8 Å². The van der Waals surface area contributed by atoms with Crippen LogP contribution in [0.1, 0.15) is 35.2 Å². The molecule has 0 fully saturated rings. The first-order valence-electron chi connectivity index (χ1n) is 5.43. The predicted octanol–water partition coefficient (Wildman–Crippen LogP) is 3.62. The third-order valence-corrected chi connectivity index (χ3v) is 3.46. The largest absolute Gasteiger partial charge is 0.466 e. The molecule has 2 aromatic heterocycles. The molecule has 16 heavy (non-hydrogen) atoms. The molecule has 2 heterocycles. The van der Waals surface area contributed by atoms with E-state index in [1.807, 2.05) is 19.9 Å². The Labute approximate surface area is 99.5 Å². The van der Waals surface area contributed by atoms with Crippen molar-refractivity contribution in [1.82, 2.24) is 0 Å². The van der Waals surface area contributed by atoms with Gasteiger partial charge in [0.15, 0.2) is 0 Å². The lowest BCUT2D eigenvalue weighted by atomic mass is 10.0. The normalized spacial score (nSPS) is 12.9. The van der Waals surface area contributed by atoms with Gasteiger partial charge in [-0.2, -0.15) is 11.3 Å². The fraction of sp³-hybridized carbons (Fsp3) is 0.385. The van der Waals surface area contributed by atoms with E-state index < -0.39 is 6.10 Å². The maximum absolute atomic E-state index is 10.1. The van der Waals surface area contributed by atoms with Gasteiger partial charge in [-0.25, -0.2) is 0 Å². The summed E-state index contributed by atoms with van der Waals surface area (Å²) in [6.45, 7) is 3.80. The van der Waals surface area contributed by atoms with Gasteiger partial charge in [-0.15, -0.1) is 0 Å². The Kier molecular flexibility index (Phi) is 3.46. The van der Waals surface area contributed by atoms with E-state index in [0.29, 0.717) is 0 Å². The smallest absolute Gasteiger partial charge is 0.106 e. The molecule has 0 spiro atoms. The van der Waals surface area contributed by atoms with Gasteiger partial charge in [0.05, 0.1) is 6.10 Å². The van der Waals surface area contributed by atoms with Crippen molar-refractivity contribution >= 4 is 11.3 Å². The van der Waals surface area contributed by atoms with Crippen molar-refractivity contribution in [3.63, 3.8) is 0 Å². The van der Waals surface area contributed by atoms with Crippen LogP contribution in [-0.4, -0.2) is 5.11 Å². The molecule has 0 radical (unpaired) electrons. The minimum absolute atomic E-state index is 0.419. The second kappa shape index (κ2) is 4.85. The van der Waals surface area contributed by atoms with Crippen LogP contribution in [0.4, 0.5) is 0 Å². The standard InChI is InChI=1S/C13H16O2S/c1-9-7-12(10(2)15-9)13(14)4-3-11-5-6-16-8-11/h5-8,13-14H,3-4H2,1-2H3. The van der Waals surface area contributed by atoms with Crippen LogP contribution < -0.4 is 0 Å². The highest BCUT2D eigenvalue weighted by Crippen LogP contribution is 2.25. The van der Waals surface area contributed by atoms with Crippen LogP contribution in [0, 0.1) is 13.8 Å². The van der Waals surface area contributed by atoms with E-state index in [9.17, 15) is 5.11 Å². The van der Waals surface area contributed by atoms with Gasteiger partial charge >= 0.3 is 0 Å². The van der Waals surface area contributed by atoms with Crippen molar-refractivity contribution in [2.45, 2.75) is 32.8 Å². The van der Waals surface area contributed by atoms with Gasteiger partial charge in [-0.05, 0) is 55.1 Å². The Balaban J connectivity index is 1.98. The molecule has 0 aliphatic rings. The van der Waals surface area contributed by atoms with Crippen molar-refractivity contribution in [1.29, 1.82) is 0 Å². The molecule has 86 valence electrons. The van der Waals surface area contributed by atoms with Gasteiger partial charge in [0.2, 0.25) is 0 Å². The van der Waals surface area contributed by atoms with Crippen molar-refractivity contribution in [3.05, 3.63) is 45.5 Å². The zero-order valence-corrected chi connectivity index (χ0v) is 10.4. The number of aryl methyl sites for hydroxylation is 3. The second-order valence-corrected chi connectivity index (χ2v) is 4.83. The van der Waals surface area contributed by atoms with Crippen molar-refractivity contribution < 1.29 is 9.52 Å². The Morgan fingerprint density at radius 1 is 1.44 bits per heavy atom. The van der Waals surface area contributed by atoms with Gasteiger partial charge in [0, 0.05) is 5.56 Å². The lowest BCUT2D eigenvalue weighted by Gasteiger charge is -2.08. The summed E-state index contributed by atoms with van der Waals surface area (Å²) >= 11 is 1.69. The molecule has 2 nitrogen and oxygen atoms in total. The summed E-state index contributed by atoms with van der Waals surface area (Å²) in [7, 11) is 0. The topological polar surface area (TPSA) is 33.4 Å². The van der Waals surface area contributed by atoms with Crippen molar-refractivity contribution in [2.75, 3.05) is 0 Å². The molecule has 0 aliphatic carbocycles. The Morgan fingerprint density at radius 3 is 2.81 bits per heavy atom. The first kappa shape index (κ1) is 11.4. The number of aliphatic hydroxyl groups is 1. The fourth-order valence-electron chi connectivity index (χ4n) is 1.88. The summed E-state index contributed by atoms with van der Waals surface area (Å²) in [4.78, 5) is 0. The molecule has 0 aromatic carbocycles. The summed E-state index contributed by atoms with van der Waals surface area (Å²) in [5.41, 5.74) is 2.22. The monoisotopic (exact) mass is 236 g/mol. The number of hydrogen-bond donors (Lipinski definition) is 1. The number of rotatable bonds is 4. The molecule has 0 bridgehead atoms. The zero-order chi connectivity index (χ0) is 11.5. The second-order valence-electron chi connectivity index (χ2n) is 4.05. The first-order valence-corrected chi connectivity index (χ1v) is 6.37. The van der Waals surface area contributed by atoms with Crippen LogP contribution >= 0.6 is 11.3 Å². The minimum Gasteiger partial charge on any atom is -0.466 e. The van der Waals surface area contributed by atoms with Gasteiger partial charge < -0.3 is 9.52 Å². The number of thiophene rings is 1. The van der Waals surface area contributed by atoms with E-state index in [-0.39, 0.29) is 0 Å². The maximum atomic E-state index is 10.1. The lowest BCUT2D eigenvalue weighted by molar-refractivity contribution is 0.166. The molecular weight excluding hydrogens is 220 g/mol. The molecule has 0 saturated carbocycles. The molecule has 2 aromatic rings. The molecule has 2 rings (SSSR count). The molecule has 0 saturated heterocycles. The van der Waals surface area contributed by atoms with Crippen molar-refractivity contribution in [2.24, 2.45) is 0 Å². The maximum Gasteiger partial charge on any atom is 0.106 e. The van der Waals surface area contributed by atoms with Gasteiger partial charge in [0.25, 0.3) is 0 Å². The number of furan rings is 1. The summed E-state index contributed by atoms with van der Waals surface area (Å²) in [6.07, 6.45) is 1.24. The Morgan fingerprint density at radius 2 is 2.25 bits per heavy atom. The van der Waals surface area contributed by atoms with Gasteiger partial charge in [-0.3, -0.25) is 0 Å². The van der Waals surface area contributed by atoms with Crippen LogP contribution in [-0.2, 0) is 6.42 Å². The molecular formula is C13H16O2S. The van der Waals surface area contributed by atoms with E-state index in [1.54, 1.807) is 11.3 Å². The Bertz CT molecular complexity index is 442. The van der Waals surface area contributed by atoms with Crippen LogP contribution in [0.25, 0.3) is 0 Å². The average Bonchev–Trinajstić information content (AvgIpc) is 2.84. The predicted molar refractivity (Wildman–Crippen MR) is 65.8 cm³/mol. The summed E-state index contributed by atoms with van der Waals surface area (Å²) in [6, 6.07) is 4.03. The molecule has 1 N–H and O–H groups in total. The fourth-order valence-corrected chi connectivity index (χ4v) is 2.58. The highest BCUT2D eigenvalue weighted by atomic mass is 32.1. The van der Waals surface area contributed by atoms with E-state index in [1.165, 1.54) is 5.56 Å². The molecule has 1 unspecified atom stereocenters. The van der Waals surface area contributed by atoms with Crippen molar-refractivity contribution in [3.8, 4) is 0 Å². The first-order chi connectivity index (χ1) is 7.66. The van der Waals surface area contributed by atoms with Gasteiger partial charge in [0.1, 0.15) is 11.5 Å². The molecule has 0 aliphatic heterocycles. The van der Waals surface area contributed by atoms with E-state index in [0.717, 1.165) is 29.9 Å². The van der Waals surface area contributed by atoms with Crippen LogP contribution in [0.3, 0.4) is 0 Å². The summed E-state index contributed by atoms with van der Waals surface area (Å²) < 4.78 is 5.41. The molecule has 1 atom stereocenters. The third-order valence-electron chi connectivity index (χ3n) is 2.72. The van der Waals surface area contributed by atoms with Gasteiger partial charge in [-0.1, -0.05) is 0 Å². The number of aliphatic hydroxyl groups excluding tert-OH is 1. The lowest BCUT2D eigenvalue weighted by Crippen LogP contribution is -1.99. The molecule has 0 amide bonds. The third kappa shape index (κ3) is 2.54. The average molecular weight is 236 g/mol. The molecule has 3 heteroatoms. The zero-order valence-electron chi connectivity index (χ0n) is 9.56. The van der Waals surface area contributed by atoms with Crippen LogP contribution in [0.15, 0.2) is 27.3 Å². The summed E-state index contributed by atoms with van der Waals surface area (Å²) in [5, 5.41) is 14.2. The Hall–Kier alpha value is -1.06. The highest BCUT2D eigenvalue weighted by Gasteiger charge is 2.14. The quantitative estimate of drug-likeness (QED) is 0.879. The van der Waals surface area contributed by atoms with Crippen LogP contribution in [0.2, 0.25) is 0 Å². The minimum atomic E-state index is -0.419. The van der Waals surface area contributed by atoms with Crippen LogP contribution in [0.5, 0.6) is 0 Å². The van der Waals surface area contributed by atoms with E-state index in [4.69, 9.17) is 4.42 Å². The SMILES string of the molecule is Cc1cc(C(O)CCc2ccsc2)c(C)o1. The van der Waals surface area contributed by atoms with E-state index >= 15 is 0 Å². The number of hydrogen-bond acceptors (Lipinski definition) is 3. The highest BCUT2D eigenvalue weighted by molar-refractivity contribution is 7.07. The summed E-state index contributed by atoms with van der Waals surface area (Å²) in [5.74, 6) is 1.69.